The largest absolute Gasteiger partial charge is 0.460 e. The first-order valence-corrected chi connectivity index (χ1v) is 5.71. The molecule has 0 unspecified atom stereocenters. The van der Waals surface area contributed by atoms with E-state index in [0.717, 1.165) is 0 Å². The number of rotatable bonds is 5. The molecule has 0 spiro atoms. The van der Waals surface area contributed by atoms with E-state index < -0.39 is 11.8 Å². The van der Waals surface area contributed by atoms with Gasteiger partial charge in [-0.1, -0.05) is 30.3 Å². The molecule has 0 heterocycles. The number of hydrogen-bond acceptors (Lipinski definition) is 4. The lowest BCUT2D eigenvalue weighted by molar-refractivity contribution is -0.150. The van der Waals surface area contributed by atoms with Crippen LogP contribution in [0.25, 0.3) is 5.57 Å². The van der Waals surface area contributed by atoms with Crippen LogP contribution in [-0.2, 0) is 14.3 Å². The van der Waals surface area contributed by atoms with Crippen molar-refractivity contribution < 1.29 is 14.3 Å². The Kier molecular flexibility index (Phi) is 5.11. The number of carbonyl (C=O) groups is 2. The Morgan fingerprint density at radius 1 is 1.22 bits per heavy atom. The number of hydrogen-bond donors (Lipinski definition) is 0. The van der Waals surface area contributed by atoms with Gasteiger partial charge >= 0.3 is 5.97 Å². The van der Waals surface area contributed by atoms with Crippen molar-refractivity contribution in [3.63, 3.8) is 0 Å². The highest BCUT2D eigenvalue weighted by molar-refractivity contribution is 6.51. The Morgan fingerprint density at radius 2 is 1.83 bits per heavy atom. The molecule has 4 nitrogen and oxygen atoms in total. The van der Waals surface area contributed by atoms with Gasteiger partial charge in [0, 0.05) is 20.3 Å². The number of ether oxygens (including phenoxy) is 1. The van der Waals surface area contributed by atoms with Crippen molar-refractivity contribution in [1.29, 1.82) is 0 Å². The molecule has 0 fully saturated rings. The molecule has 4 heteroatoms. The van der Waals surface area contributed by atoms with Crippen LogP contribution in [0.5, 0.6) is 0 Å². The van der Waals surface area contributed by atoms with Gasteiger partial charge in [0.15, 0.2) is 0 Å². The fourth-order valence-corrected chi connectivity index (χ4v) is 1.45. The van der Waals surface area contributed by atoms with E-state index in [2.05, 4.69) is 0 Å². The molecule has 0 bridgehead atoms. The lowest BCUT2D eigenvalue weighted by Gasteiger charge is -2.11. The Bertz CT molecular complexity index is 449. The third kappa shape index (κ3) is 3.73. The summed E-state index contributed by atoms with van der Waals surface area (Å²) >= 11 is 0. The van der Waals surface area contributed by atoms with Gasteiger partial charge in [-0.15, -0.1) is 0 Å². The molecule has 0 saturated carbocycles. The van der Waals surface area contributed by atoms with E-state index >= 15 is 0 Å². The van der Waals surface area contributed by atoms with E-state index in [0.29, 0.717) is 11.1 Å². The first kappa shape index (κ1) is 14.0. The topological polar surface area (TPSA) is 46.6 Å². The molecule has 1 rings (SSSR count). The minimum atomic E-state index is -0.825. The van der Waals surface area contributed by atoms with Crippen molar-refractivity contribution >= 4 is 17.3 Å². The van der Waals surface area contributed by atoms with Crippen molar-refractivity contribution in [2.45, 2.75) is 6.92 Å². The molecule has 0 saturated heterocycles. The van der Waals surface area contributed by atoms with Crippen molar-refractivity contribution in [2.75, 3.05) is 20.7 Å². The maximum atomic E-state index is 12.0. The second-order valence-corrected chi connectivity index (χ2v) is 3.92. The summed E-state index contributed by atoms with van der Waals surface area (Å²) < 4.78 is 4.74. The summed E-state index contributed by atoms with van der Waals surface area (Å²) in [6.45, 7) is 1.86. The monoisotopic (exact) mass is 247 g/mol. The van der Waals surface area contributed by atoms with Gasteiger partial charge in [-0.3, -0.25) is 4.79 Å². The summed E-state index contributed by atoms with van der Waals surface area (Å²) in [6.07, 6.45) is 1.62. The van der Waals surface area contributed by atoms with Crippen LogP contribution in [-0.4, -0.2) is 37.4 Å². The van der Waals surface area contributed by atoms with Crippen LogP contribution in [0.3, 0.4) is 0 Å². The fraction of sp³-hybridized carbons (Fsp3) is 0.286. The predicted molar refractivity (Wildman–Crippen MR) is 69.7 cm³/mol. The van der Waals surface area contributed by atoms with Gasteiger partial charge in [0.05, 0.1) is 12.2 Å². The smallest absolute Gasteiger partial charge is 0.379 e. The summed E-state index contributed by atoms with van der Waals surface area (Å²) in [5.41, 5.74) is 1.03. The zero-order valence-corrected chi connectivity index (χ0v) is 10.8. The van der Waals surface area contributed by atoms with Gasteiger partial charge in [0.25, 0.3) is 5.78 Å². The molecular formula is C14H17NO3. The number of Topliss-reactive ketones (excluding diaryl/α,β-unsaturated/α-hetero) is 1. The van der Waals surface area contributed by atoms with E-state index in [1.54, 1.807) is 44.3 Å². The van der Waals surface area contributed by atoms with Gasteiger partial charge in [-0.2, -0.15) is 0 Å². The van der Waals surface area contributed by atoms with Crippen LogP contribution in [0, 0.1) is 0 Å². The van der Waals surface area contributed by atoms with E-state index in [4.69, 9.17) is 4.74 Å². The quantitative estimate of drug-likeness (QED) is 0.451. The molecule has 0 N–H and O–H groups in total. The molecule has 0 atom stereocenters. The third-order valence-electron chi connectivity index (χ3n) is 2.18. The Hall–Kier alpha value is -2.10. The zero-order valence-electron chi connectivity index (χ0n) is 10.8. The van der Waals surface area contributed by atoms with Gasteiger partial charge < -0.3 is 9.64 Å². The van der Waals surface area contributed by atoms with Crippen LogP contribution in [0.1, 0.15) is 12.5 Å². The van der Waals surface area contributed by atoms with Crippen molar-refractivity contribution in [3.8, 4) is 0 Å². The highest BCUT2D eigenvalue weighted by Gasteiger charge is 2.21. The van der Waals surface area contributed by atoms with E-state index in [1.165, 1.54) is 0 Å². The van der Waals surface area contributed by atoms with Gasteiger partial charge in [0.2, 0.25) is 0 Å². The second-order valence-electron chi connectivity index (χ2n) is 3.92. The maximum absolute atomic E-state index is 12.0. The Balaban J connectivity index is 3.08. The average molecular weight is 247 g/mol. The standard InChI is InChI=1S/C14H17NO3/c1-4-18-14(17)13(16)12(10-15(2)3)11-8-6-5-7-9-11/h5-10H,4H2,1-3H3. The average Bonchev–Trinajstić information content (AvgIpc) is 2.36. The normalized spacial score (nSPS) is 10.9. The van der Waals surface area contributed by atoms with Crippen LogP contribution in [0.4, 0.5) is 0 Å². The molecule has 18 heavy (non-hydrogen) atoms. The minimum absolute atomic E-state index is 0.189. The molecule has 1 aromatic carbocycles. The molecule has 0 radical (unpaired) electrons. The summed E-state index contributed by atoms with van der Waals surface area (Å²) in [5.74, 6) is -1.45. The number of esters is 1. The molecular weight excluding hydrogens is 230 g/mol. The lowest BCUT2D eigenvalue weighted by atomic mass is 10.0. The van der Waals surface area contributed by atoms with Crippen LogP contribution < -0.4 is 0 Å². The number of carbonyl (C=O) groups excluding carboxylic acids is 2. The van der Waals surface area contributed by atoms with Gasteiger partial charge in [-0.05, 0) is 12.5 Å². The Morgan fingerprint density at radius 3 is 2.33 bits per heavy atom. The molecule has 0 aliphatic carbocycles. The Labute approximate surface area is 107 Å². The van der Waals surface area contributed by atoms with Crippen molar-refractivity contribution in [1.82, 2.24) is 4.90 Å². The molecule has 0 aliphatic rings. The van der Waals surface area contributed by atoms with E-state index in [-0.39, 0.29) is 6.61 Å². The van der Waals surface area contributed by atoms with E-state index in [1.807, 2.05) is 18.2 Å². The summed E-state index contributed by atoms with van der Waals surface area (Å²) in [5, 5.41) is 0. The predicted octanol–water partition coefficient (Wildman–Crippen LogP) is 1.72. The lowest BCUT2D eigenvalue weighted by Crippen LogP contribution is -2.20. The van der Waals surface area contributed by atoms with Crippen molar-refractivity contribution in [2.24, 2.45) is 0 Å². The summed E-state index contributed by atoms with van der Waals surface area (Å²) in [4.78, 5) is 25.2. The summed E-state index contributed by atoms with van der Waals surface area (Å²) in [7, 11) is 3.59. The second kappa shape index (κ2) is 6.59. The highest BCUT2D eigenvalue weighted by Crippen LogP contribution is 2.16. The molecule has 0 amide bonds. The van der Waals surface area contributed by atoms with Gasteiger partial charge in [-0.25, -0.2) is 4.79 Å². The van der Waals surface area contributed by atoms with Gasteiger partial charge in [0.1, 0.15) is 0 Å². The molecule has 0 aromatic heterocycles. The number of nitrogens with zero attached hydrogens (tertiary/aromatic N) is 1. The highest BCUT2D eigenvalue weighted by atomic mass is 16.5. The first-order chi connectivity index (χ1) is 8.56. The van der Waals surface area contributed by atoms with Crippen LogP contribution >= 0.6 is 0 Å². The van der Waals surface area contributed by atoms with Crippen molar-refractivity contribution in [3.05, 3.63) is 42.1 Å². The first-order valence-electron chi connectivity index (χ1n) is 5.71. The molecule has 1 aromatic rings. The van der Waals surface area contributed by atoms with Crippen LogP contribution in [0.15, 0.2) is 36.5 Å². The maximum Gasteiger partial charge on any atom is 0.379 e. The fourth-order valence-electron chi connectivity index (χ4n) is 1.45. The number of benzene rings is 1. The number of ketones is 1. The van der Waals surface area contributed by atoms with Crippen LogP contribution in [0.2, 0.25) is 0 Å². The third-order valence-corrected chi connectivity index (χ3v) is 2.18. The SMILES string of the molecule is CCOC(=O)C(=O)C(=CN(C)C)c1ccccc1. The van der Waals surface area contributed by atoms with E-state index in [9.17, 15) is 9.59 Å². The molecule has 0 aliphatic heterocycles. The molecule has 96 valence electrons. The minimum Gasteiger partial charge on any atom is -0.460 e. The zero-order chi connectivity index (χ0) is 13.5. The summed E-state index contributed by atoms with van der Waals surface area (Å²) in [6, 6.07) is 9.05.